The third kappa shape index (κ3) is 4.93. The van der Waals surface area contributed by atoms with Crippen molar-refractivity contribution in [1.82, 2.24) is 5.32 Å². The third-order valence-electron chi connectivity index (χ3n) is 5.50. The van der Waals surface area contributed by atoms with Gasteiger partial charge in [0.15, 0.2) is 11.5 Å². The highest BCUT2D eigenvalue weighted by molar-refractivity contribution is 7.92. The van der Waals surface area contributed by atoms with E-state index >= 15 is 0 Å². The van der Waals surface area contributed by atoms with Gasteiger partial charge in [-0.25, -0.2) is 8.42 Å². The second-order valence-electron chi connectivity index (χ2n) is 7.78. The number of benzene rings is 2. The van der Waals surface area contributed by atoms with Gasteiger partial charge in [-0.1, -0.05) is 12.5 Å². The fourth-order valence-corrected chi connectivity index (χ4v) is 4.96. The van der Waals surface area contributed by atoms with Crippen molar-refractivity contribution >= 4 is 21.6 Å². The number of carbonyl (C=O) groups excluding carboxylic acids is 1. The molecule has 0 bridgehead atoms. The van der Waals surface area contributed by atoms with Crippen LogP contribution in [-0.2, 0) is 10.0 Å². The monoisotopic (exact) mass is 470 g/mol. The van der Waals surface area contributed by atoms with Crippen LogP contribution in [0.5, 0.6) is 11.5 Å². The lowest BCUT2D eigenvalue weighted by molar-refractivity contribution is -0.183. The van der Waals surface area contributed by atoms with Crippen LogP contribution in [0, 0.1) is 5.92 Å². The van der Waals surface area contributed by atoms with E-state index in [9.17, 15) is 26.4 Å². The van der Waals surface area contributed by atoms with Crippen LogP contribution in [0.3, 0.4) is 0 Å². The maximum Gasteiger partial charge on any atom is 0.391 e. The summed E-state index contributed by atoms with van der Waals surface area (Å²) in [5.41, 5.74) is 0.303. The molecule has 1 aliphatic heterocycles. The number of nitrogens with one attached hydrogen (secondary N) is 2. The summed E-state index contributed by atoms with van der Waals surface area (Å²) in [6.07, 6.45) is -3.61. The second kappa shape index (κ2) is 8.53. The Morgan fingerprint density at radius 1 is 1.03 bits per heavy atom. The van der Waals surface area contributed by atoms with Gasteiger partial charge in [-0.15, -0.1) is 0 Å². The summed E-state index contributed by atoms with van der Waals surface area (Å²) in [6.45, 7) is 0.0490. The van der Waals surface area contributed by atoms with Gasteiger partial charge in [-0.2, -0.15) is 13.2 Å². The highest BCUT2D eigenvalue weighted by Crippen LogP contribution is 2.38. The van der Waals surface area contributed by atoms with E-state index in [1.54, 1.807) is 6.07 Å². The van der Waals surface area contributed by atoms with Gasteiger partial charge < -0.3 is 14.8 Å². The molecule has 0 aromatic heterocycles. The van der Waals surface area contributed by atoms with Crippen molar-refractivity contribution in [3.05, 3.63) is 48.0 Å². The molecule has 11 heteroatoms. The molecule has 7 nitrogen and oxygen atoms in total. The summed E-state index contributed by atoms with van der Waals surface area (Å²) in [4.78, 5) is 12.4. The maximum absolute atomic E-state index is 13.0. The van der Waals surface area contributed by atoms with Gasteiger partial charge in [-0.05, 0) is 49.6 Å². The molecule has 32 heavy (non-hydrogen) atoms. The summed E-state index contributed by atoms with van der Waals surface area (Å²) < 4.78 is 77.4. The predicted octanol–water partition coefficient (Wildman–Crippen LogP) is 4.07. The van der Waals surface area contributed by atoms with Crippen molar-refractivity contribution in [2.24, 2.45) is 5.92 Å². The molecular formula is C21H21F3N2O5S. The van der Waals surface area contributed by atoms with E-state index in [2.05, 4.69) is 10.0 Å². The number of anilines is 1. The van der Waals surface area contributed by atoms with Crippen molar-refractivity contribution in [3.63, 3.8) is 0 Å². The minimum Gasteiger partial charge on any atom is -0.454 e. The fourth-order valence-electron chi connectivity index (χ4n) is 3.87. The van der Waals surface area contributed by atoms with E-state index in [0.29, 0.717) is 24.3 Å². The molecule has 1 fully saturated rings. The molecule has 1 aliphatic carbocycles. The first kappa shape index (κ1) is 22.3. The molecule has 2 aromatic carbocycles. The van der Waals surface area contributed by atoms with E-state index in [-0.39, 0.29) is 35.8 Å². The number of sulfonamides is 1. The van der Waals surface area contributed by atoms with Crippen LogP contribution >= 0.6 is 0 Å². The first-order valence-electron chi connectivity index (χ1n) is 10.0. The van der Waals surface area contributed by atoms with Gasteiger partial charge in [0.1, 0.15) is 0 Å². The molecule has 0 saturated heterocycles. The number of fused-ring (bicyclic) bond motifs is 1. The molecule has 2 aromatic rings. The van der Waals surface area contributed by atoms with Crippen LogP contribution in [0.25, 0.3) is 0 Å². The first-order chi connectivity index (χ1) is 15.1. The van der Waals surface area contributed by atoms with Crippen molar-refractivity contribution in [1.29, 1.82) is 0 Å². The van der Waals surface area contributed by atoms with Gasteiger partial charge in [-0.3, -0.25) is 9.52 Å². The fraction of sp³-hybridized carbons (Fsp3) is 0.381. The summed E-state index contributed by atoms with van der Waals surface area (Å²) in [7, 11) is -4.02. The van der Waals surface area contributed by atoms with Crippen LogP contribution in [0.4, 0.5) is 18.9 Å². The standard InChI is InChI=1S/C21H21F3N2O5S/c22-21(23,24)14-4-2-5-15(10-14)25-20(27)13-3-1-6-17(9-13)32(28,29)26-16-7-8-18-19(11-16)31-12-30-18/h1,3,6-9,11,14-15,26H,2,4-5,10,12H2,(H,25,27)/t14-,15-/m1/s1. The van der Waals surface area contributed by atoms with E-state index in [0.717, 1.165) is 0 Å². The van der Waals surface area contributed by atoms with Crippen LogP contribution < -0.4 is 19.5 Å². The van der Waals surface area contributed by atoms with E-state index in [1.165, 1.54) is 36.4 Å². The van der Waals surface area contributed by atoms with Gasteiger partial charge in [0.2, 0.25) is 6.79 Å². The Bertz CT molecular complexity index is 1120. The van der Waals surface area contributed by atoms with Crippen molar-refractivity contribution in [3.8, 4) is 11.5 Å². The maximum atomic E-state index is 13.0. The Morgan fingerprint density at radius 2 is 1.81 bits per heavy atom. The topological polar surface area (TPSA) is 93.7 Å². The number of halogens is 3. The lowest BCUT2D eigenvalue weighted by Crippen LogP contribution is -2.41. The van der Waals surface area contributed by atoms with Gasteiger partial charge in [0.05, 0.1) is 16.5 Å². The molecule has 4 rings (SSSR count). The number of carbonyl (C=O) groups is 1. The molecular weight excluding hydrogens is 449 g/mol. The Balaban J connectivity index is 1.46. The first-order valence-corrected chi connectivity index (χ1v) is 11.5. The minimum atomic E-state index is -4.29. The van der Waals surface area contributed by atoms with Crippen molar-refractivity contribution in [2.75, 3.05) is 11.5 Å². The number of rotatable bonds is 5. The smallest absolute Gasteiger partial charge is 0.391 e. The molecule has 172 valence electrons. The second-order valence-corrected chi connectivity index (χ2v) is 9.46. The van der Waals surface area contributed by atoms with Gasteiger partial charge in [0, 0.05) is 17.7 Å². The molecule has 2 atom stereocenters. The average Bonchev–Trinajstić information content (AvgIpc) is 3.21. The number of alkyl halides is 3. The lowest BCUT2D eigenvalue weighted by atomic mass is 9.85. The van der Waals surface area contributed by atoms with Gasteiger partial charge in [0.25, 0.3) is 15.9 Å². The molecule has 1 amide bonds. The third-order valence-corrected chi connectivity index (χ3v) is 6.88. The summed E-state index contributed by atoms with van der Waals surface area (Å²) in [6, 6.07) is 9.29. The minimum absolute atomic E-state index is 0.0488. The highest BCUT2D eigenvalue weighted by Gasteiger charge is 2.42. The lowest BCUT2D eigenvalue weighted by Gasteiger charge is -2.31. The Labute approximate surface area is 183 Å². The average molecular weight is 470 g/mol. The normalized spacial score (nSPS) is 20.6. The Kier molecular flexibility index (Phi) is 5.93. The summed E-state index contributed by atoms with van der Waals surface area (Å²) in [5, 5.41) is 2.61. The Morgan fingerprint density at radius 3 is 2.59 bits per heavy atom. The zero-order chi connectivity index (χ0) is 22.9. The van der Waals surface area contributed by atoms with Crippen LogP contribution in [0.1, 0.15) is 36.0 Å². The summed E-state index contributed by atoms with van der Waals surface area (Å²) >= 11 is 0. The van der Waals surface area contributed by atoms with Crippen molar-refractivity contribution in [2.45, 2.75) is 42.8 Å². The van der Waals surface area contributed by atoms with Crippen LogP contribution in [0.15, 0.2) is 47.4 Å². The van der Waals surface area contributed by atoms with Crippen LogP contribution in [-0.4, -0.2) is 33.3 Å². The molecule has 0 spiro atoms. The van der Waals surface area contributed by atoms with Crippen molar-refractivity contribution < 1.29 is 35.9 Å². The van der Waals surface area contributed by atoms with E-state index in [1.807, 2.05) is 0 Å². The molecule has 0 unspecified atom stereocenters. The van der Waals surface area contributed by atoms with E-state index < -0.39 is 34.1 Å². The largest absolute Gasteiger partial charge is 0.454 e. The molecule has 1 saturated carbocycles. The number of amides is 1. The predicted molar refractivity (Wildman–Crippen MR) is 109 cm³/mol. The zero-order valence-corrected chi connectivity index (χ0v) is 17.6. The molecule has 2 N–H and O–H groups in total. The molecule has 1 heterocycles. The summed E-state index contributed by atoms with van der Waals surface area (Å²) in [5.74, 6) is -1.15. The Hall–Kier alpha value is -2.95. The highest BCUT2D eigenvalue weighted by atomic mass is 32.2. The SMILES string of the molecule is O=C(N[C@@H]1CCC[C@@H](C(F)(F)F)C1)c1cccc(S(=O)(=O)Nc2ccc3c(c2)OCO3)c1. The van der Waals surface area contributed by atoms with Gasteiger partial charge >= 0.3 is 6.18 Å². The molecule has 0 radical (unpaired) electrons. The van der Waals surface area contributed by atoms with E-state index in [4.69, 9.17) is 9.47 Å². The molecule has 2 aliphatic rings. The number of hydrogen-bond donors (Lipinski definition) is 2. The quantitative estimate of drug-likeness (QED) is 0.687. The number of ether oxygens (including phenoxy) is 2. The van der Waals surface area contributed by atoms with Crippen LogP contribution in [0.2, 0.25) is 0 Å². The zero-order valence-electron chi connectivity index (χ0n) is 16.8. The number of hydrogen-bond acceptors (Lipinski definition) is 5.